The number of hydroxylamine groups is 2. The molecular weight excluding hydrogens is 268 g/mol. The number of carbonyl (C=O) groups excluding carboxylic acids is 1. The second-order valence-electron chi connectivity index (χ2n) is 4.65. The number of aryl methyl sites for hydroxylation is 1. The molecule has 0 saturated heterocycles. The standard InChI is InChI=1S/C15H20N4O2/c1-12-17-10-14(9-16-11-15(20)18(2)21-3)19(12)13-7-5-4-6-8-13/h4-8,10,16H,9,11H2,1-3H3. The van der Waals surface area contributed by atoms with Crippen molar-refractivity contribution in [3.8, 4) is 5.69 Å². The first-order chi connectivity index (χ1) is 10.1. The van der Waals surface area contributed by atoms with E-state index in [1.807, 2.05) is 43.5 Å². The Labute approximate surface area is 124 Å². The van der Waals surface area contributed by atoms with Crippen molar-refractivity contribution in [1.29, 1.82) is 0 Å². The van der Waals surface area contributed by atoms with E-state index in [1.165, 1.54) is 12.2 Å². The van der Waals surface area contributed by atoms with E-state index >= 15 is 0 Å². The first-order valence-corrected chi connectivity index (χ1v) is 6.73. The predicted octanol–water partition coefficient (Wildman–Crippen LogP) is 1.29. The molecule has 0 aliphatic carbocycles. The lowest BCUT2D eigenvalue weighted by Crippen LogP contribution is -2.34. The van der Waals surface area contributed by atoms with E-state index in [4.69, 9.17) is 4.84 Å². The zero-order valence-electron chi connectivity index (χ0n) is 12.5. The molecule has 1 amide bonds. The first-order valence-electron chi connectivity index (χ1n) is 6.73. The van der Waals surface area contributed by atoms with E-state index in [1.54, 1.807) is 7.05 Å². The molecule has 6 heteroatoms. The molecule has 0 spiro atoms. The van der Waals surface area contributed by atoms with Gasteiger partial charge in [-0.25, -0.2) is 10.0 Å². The van der Waals surface area contributed by atoms with Gasteiger partial charge in [0.05, 0.1) is 25.5 Å². The zero-order chi connectivity index (χ0) is 15.2. The fourth-order valence-corrected chi connectivity index (χ4v) is 2.06. The summed E-state index contributed by atoms with van der Waals surface area (Å²) in [5, 5.41) is 4.31. The molecule has 0 aliphatic rings. The number of rotatable bonds is 6. The van der Waals surface area contributed by atoms with Gasteiger partial charge in [0.15, 0.2) is 0 Å². The van der Waals surface area contributed by atoms with Gasteiger partial charge in [0.1, 0.15) is 5.82 Å². The molecule has 1 aromatic heterocycles. The summed E-state index contributed by atoms with van der Waals surface area (Å²) in [6.45, 7) is 2.72. The molecule has 2 rings (SSSR count). The van der Waals surface area contributed by atoms with Crippen LogP contribution in [0.3, 0.4) is 0 Å². The number of carbonyl (C=O) groups is 1. The van der Waals surface area contributed by atoms with E-state index in [9.17, 15) is 4.79 Å². The van der Waals surface area contributed by atoms with E-state index in [-0.39, 0.29) is 12.5 Å². The fraction of sp³-hybridized carbons (Fsp3) is 0.333. The van der Waals surface area contributed by atoms with Crippen LogP contribution in [0.15, 0.2) is 36.5 Å². The van der Waals surface area contributed by atoms with Crippen molar-refractivity contribution in [3.63, 3.8) is 0 Å². The Morgan fingerprint density at radius 3 is 2.76 bits per heavy atom. The van der Waals surface area contributed by atoms with Crippen LogP contribution in [0.4, 0.5) is 0 Å². The van der Waals surface area contributed by atoms with Crippen LogP contribution in [-0.2, 0) is 16.2 Å². The van der Waals surface area contributed by atoms with Crippen LogP contribution in [0.1, 0.15) is 11.5 Å². The van der Waals surface area contributed by atoms with Crippen LogP contribution in [-0.4, -0.2) is 41.2 Å². The maximum atomic E-state index is 11.6. The first kappa shape index (κ1) is 15.2. The van der Waals surface area contributed by atoms with Gasteiger partial charge in [-0.3, -0.25) is 14.2 Å². The number of hydrogen-bond acceptors (Lipinski definition) is 4. The van der Waals surface area contributed by atoms with E-state index < -0.39 is 0 Å². The van der Waals surface area contributed by atoms with E-state index in [0.717, 1.165) is 17.2 Å². The molecule has 0 fully saturated rings. The van der Waals surface area contributed by atoms with Crippen LogP contribution in [0, 0.1) is 6.92 Å². The van der Waals surface area contributed by atoms with Gasteiger partial charge in [-0.15, -0.1) is 0 Å². The lowest BCUT2D eigenvalue weighted by atomic mass is 10.3. The highest BCUT2D eigenvalue weighted by Crippen LogP contribution is 2.14. The third-order valence-electron chi connectivity index (χ3n) is 3.23. The number of para-hydroxylation sites is 1. The second-order valence-corrected chi connectivity index (χ2v) is 4.65. The van der Waals surface area contributed by atoms with Crippen LogP contribution in [0.25, 0.3) is 5.69 Å². The van der Waals surface area contributed by atoms with Gasteiger partial charge in [-0.05, 0) is 19.1 Å². The monoisotopic (exact) mass is 288 g/mol. The molecule has 0 radical (unpaired) electrons. The summed E-state index contributed by atoms with van der Waals surface area (Å²) in [5.74, 6) is 0.790. The Morgan fingerprint density at radius 1 is 1.38 bits per heavy atom. The van der Waals surface area contributed by atoms with Gasteiger partial charge in [-0.2, -0.15) is 0 Å². The summed E-state index contributed by atoms with van der Waals surface area (Å²) in [5.41, 5.74) is 2.07. The van der Waals surface area contributed by atoms with E-state index in [0.29, 0.717) is 6.54 Å². The van der Waals surface area contributed by atoms with Gasteiger partial charge in [0.2, 0.25) is 0 Å². The largest absolute Gasteiger partial charge is 0.303 e. The molecule has 0 bridgehead atoms. The molecule has 21 heavy (non-hydrogen) atoms. The van der Waals surface area contributed by atoms with Crippen molar-refractivity contribution >= 4 is 5.91 Å². The Hall–Kier alpha value is -2.18. The van der Waals surface area contributed by atoms with Crippen molar-refractivity contribution in [2.75, 3.05) is 20.7 Å². The normalized spacial score (nSPS) is 10.6. The SMILES string of the molecule is CON(C)C(=O)CNCc1cnc(C)n1-c1ccccc1. The third-order valence-corrected chi connectivity index (χ3v) is 3.23. The van der Waals surface area contributed by atoms with Crippen LogP contribution in [0.2, 0.25) is 0 Å². The van der Waals surface area contributed by atoms with Crippen molar-refractivity contribution < 1.29 is 9.63 Å². The van der Waals surface area contributed by atoms with Crippen molar-refractivity contribution in [3.05, 3.63) is 48.0 Å². The third kappa shape index (κ3) is 3.68. The molecule has 6 nitrogen and oxygen atoms in total. The number of amides is 1. The molecule has 1 heterocycles. The van der Waals surface area contributed by atoms with Gasteiger partial charge in [-0.1, -0.05) is 18.2 Å². The molecule has 0 atom stereocenters. The number of benzene rings is 1. The van der Waals surface area contributed by atoms with Crippen molar-refractivity contribution in [2.45, 2.75) is 13.5 Å². The lowest BCUT2D eigenvalue weighted by Gasteiger charge is -2.14. The minimum Gasteiger partial charge on any atom is -0.303 e. The highest BCUT2D eigenvalue weighted by atomic mass is 16.7. The van der Waals surface area contributed by atoms with Gasteiger partial charge in [0, 0.05) is 19.3 Å². The maximum Gasteiger partial charge on any atom is 0.259 e. The second kappa shape index (κ2) is 7.01. The average Bonchev–Trinajstić information content (AvgIpc) is 2.88. The number of imidazole rings is 1. The average molecular weight is 288 g/mol. The number of nitrogens with one attached hydrogen (secondary N) is 1. The van der Waals surface area contributed by atoms with E-state index in [2.05, 4.69) is 14.9 Å². The summed E-state index contributed by atoms with van der Waals surface area (Å²) in [6.07, 6.45) is 1.82. The van der Waals surface area contributed by atoms with Gasteiger partial charge < -0.3 is 5.32 Å². The van der Waals surface area contributed by atoms with Crippen molar-refractivity contribution in [1.82, 2.24) is 19.9 Å². The topological polar surface area (TPSA) is 59.4 Å². The Bertz CT molecular complexity index is 595. The molecule has 0 saturated carbocycles. The maximum absolute atomic E-state index is 11.6. The fourth-order valence-electron chi connectivity index (χ4n) is 2.06. The summed E-state index contributed by atoms with van der Waals surface area (Å²) in [6, 6.07) is 10.0. The van der Waals surface area contributed by atoms with Crippen LogP contribution in [0.5, 0.6) is 0 Å². The molecular formula is C15H20N4O2. The predicted molar refractivity (Wildman–Crippen MR) is 79.8 cm³/mol. The Morgan fingerprint density at radius 2 is 2.10 bits per heavy atom. The zero-order valence-corrected chi connectivity index (χ0v) is 12.5. The smallest absolute Gasteiger partial charge is 0.259 e. The van der Waals surface area contributed by atoms with Crippen LogP contribution < -0.4 is 5.32 Å². The molecule has 1 N–H and O–H groups in total. The molecule has 2 aromatic rings. The molecule has 0 unspecified atom stereocenters. The highest BCUT2D eigenvalue weighted by Gasteiger charge is 2.10. The van der Waals surface area contributed by atoms with Gasteiger partial charge >= 0.3 is 0 Å². The lowest BCUT2D eigenvalue weighted by molar-refractivity contribution is -0.167. The number of hydrogen-bond donors (Lipinski definition) is 1. The van der Waals surface area contributed by atoms with Crippen molar-refractivity contribution in [2.24, 2.45) is 0 Å². The number of likely N-dealkylation sites (N-methyl/N-ethyl adjacent to an activating group) is 1. The minimum atomic E-state index is -0.125. The van der Waals surface area contributed by atoms with Gasteiger partial charge in [0.25, 0.3) is 5.91 Å². The van der Waals surface area contributed by atoms with Crippen LogP contribution >= 0.6 is 0 Å². The quantitative estimate of drug-likeness (QED) is 0.814. The summed E-state index contributed by atoms with van der Waals surface area (Å²) in [7, 11) is 3.05. The molecule has 0 aliphatic heterocycles. The number of aromatic nitrogens is 2. The summed E-state index contributed by atoms with van der Waals surface area (Å²) in [4.78, 5) is 20.8. The highest BCUT2D eigenvalue weighted by molar-refractivity contribution is 5.76. The minimum absolute atomic E-state index is 0.125. The Balaban J connectivity index is 2.04. The summed E-state index contributed by atoms with van der Waals surface area (Å²) >= 11 is 0. The summed E-state index contributed by atoms with van der Waals surface area (Å²) < 4.78 is 2.07. The molecule has 1 aromatic carbocycles. The Kier molecular flexibility index (Phi) is 5.08. The molecule has 112 valence electrons. The number of nitrogens with zero attached hydrogens (tertiary/aromatic N) is 3.